The number of nitrogens with one attached hydrogen (secondary N) is 2. The minimum atomic E-state index is 0.122. The summed E-state index contributed by atoms with van der Waals surface area (Å²) in [5.74, 6) is 1.09. The van der Waals surface area contributed by atoms with Gasteiger partial charge in [-0.05, 0) is 50.9 Å². The first-order valence-electron chi connectivity index (χ1n) is 6.12. The number of amides is 1. The maximum absolute atomic E-state index is 11.4. The van der Waals surface area contributed by atoms with Gasteiger partial charge in [0.25, 0.3) is 0 Å². The molecule has 0 aromatic carbocycles. The van der Waals surface area contributed by atoms with E-state index in [4.69, 9.17) is 0 Å². The van der Waals surface area contributed by atoms with Crippen LogP contribution >= 0.6 is 0 Å². The molecule has 0 bridgehead atoms. The number of hydrogen-bond donors (Lipinski definition) is 2. The molecule has 2 saturated carbocycles. The highest BCUT2D eigenvalue weighted by molar-refractivity contribution is 5.78. The van der Waals surface area contributed by atoms with Crippen molar-refractivity contribution >= 4 is 5.91 Å². The summed E-state index contributed by atoms with van der Waals surface area (Å²) in [6, 6.07) is 0.248. The third-order valence-electron chi connectivity index (χ3n) is 3.55. The summed E-state index contributed by atoms with van der Waals surface area (Å²) in [6.07, 6.45) is 5.58. The third kappa shape index (κ3) is 2.94. The Bertz CT molecular complexity index is 242. The molecule has 2 fully saturated rings. The third-order valence-corrected chi connectivity index (χ3v) is 3.55. The minimum Gasteiger partial charge on any atom is -0.353 e. The summed E-state index contributed by atoms with van der Waals surface area (Å²) < 4.78 is 0. The van der Waals surface area contributed by atoms with Gasteiger partial charge in [-0.1, -0.05) is 0 Å². The summed E-state index contributed by atoms with van der Waals surface area (Å²) in [4.78, 5) is 11.4. The number of carbonyl (C=O) groups is 1. The van der Waals surface area contributed by atoms with Crippen LogP contribution in [0, 0.1) is 11.3 Å². The molecule has 15 heavy (non-hydrogen) atoms. The Kier molecular flexibility index (Phi) is 3.01. The molecule has 0 aromatic heterocycles. The summed E-state index contributed by atoms with van der Waals surface area (Å²) in [5, 5.41) is 6.20. The van der Waals surface area contributed by atoms with Gasteiger partial charge in [0, 0.05) is 12.6 Å². The zero-order chi connectivity index (χ0) is 10.9. The van der Waals surface area contributed by atoms with Crippen LogP contribution in [0.25, 0.3) is 0 Å². The fourth-order valence-electron chi connectivity index (χ4n) is 2.38. The molecular formula is C12H22N2O. The Morgan fingerprint density at radius 1 is 1.40 bits per heavy atom. The molecule has 0 radical (unpaired) electrons. The van der Waals surface area contributed by atoms with Crippen molar-refractivity contribution in [3.8, 4) is 0 Å². The predicted octanol–water partition coefficient (Wildman–Crippen LogP) is 1.29. The van der Waals surface area contributed by atoms with Crippen molar-refractivity contribution in [2.24, 2.45) is 11.3 Å². The van der Waals surface area contributed by atoms with Crippen LogP contribution in [-0.4, -0.2) is 25.0 Å². The van der Waals surface area contributed by atoms with Gasteiger partial charge in [-0.2, -0.15) is 0 Å². The van der Waals surface area contributed by atoms with Crippen LogP contribution in [0.4, 0.5) is 0 Å². The maximum atomic E-state index is 11.4. The van der Waals surface area contributed by atoms with Gasteiger partial charge in [-0.25, -0.2) is 0 Å². The van der Waals surface area contributed by atoms with Gasteiger partial charge < -0.3 is 10.6 Å². The van der Waals surface area contributed by atoms with E-state index in [1.807, 2.05) is 13.8 Å². The van der Waals surface area contributed by atoms with E-state index in [9.17, 15) is 4.79 Å². The molecular weight excluding hydrogens is 188 g/mol. The fraction of sp³-hybridized carbons (Fsp3) is 0.917. The molecule has 1 amide bonds. The van der Waals surface area contributed by atoms with E-state index in [1.54, 1.807) is 0 Å². The molecule has 86 valence electrons. The summed E-state index contributed by atoms with van der Waals surface area (Å²) in [7, 11) is 0. The molecule has 2 aliphatic rings. The van der Waals surface area contributed by atoms with E-state index in [-0.39, 0.29) is 11.9 Å². The van der Waals surface area contributed by atoms with E-state index >= 15 is 0 Å². The van der Waals surface area contributed by atoms with Crippen molar-refractivity contribution in [3.63, 3.8) is 0 Å². The highest BCUT2D eigenvalue weighted by Crippen LogP contribution is 2.60. The van der Waals surface area contributed by atoms with E-state index in [0.29, 0.717) is 12.0 Å². The number of rotatable bonds is 6. The van der Waals surface area contributed by atoms with E-state index in [0.717, 1.165) is 12.5 Å². The predicted molar refractivity (Wildman–Crippen MR) is 60.5 cm³/mol. The van der Waals surface area contributed by atoms with Gasteiger partial charge in [-0.3, -0.25) is 4.79 Å². The Balaban J connectivity index is 1.60. The van der Waals surface area contributed by atoms with Gasteiger partial charge >= 0.3 is 0 Å². The van der Waals surface area contributed by atoms with E-state index < -0.39 is 0 Å². The Labute approximate surface area is 92.0 Å². The van der Waals surface area contributed by atoms with Gasteiger partial charge in [0.2, 0.25) is 5.91 Å². The second-order valence-corrected chi connectivity index (χ2v) is 5.46. The average molecular weight is 210 g/mol. The average Bonchev–Trinajstić information content (AvgIpc) is 2.98. The molecule has 0 aliphatic heterocycles. The normalized spacial score (nSPS) is 22.9. The highest BCUT2D eigenvalue weighted by Gasteiger charge is 2.53. The standard InChI is InChI=1S/C12H22N2O/c1-9(2)14-11(15)7-13-8-12(5-6-12)10-3-4-10/h9-10,13H,3-8H2,1-2H3,(H,14,15). The maximum Gasteiger partial charge on any atom is 0.234 e. The molecule has 2 rings (SSSR count). The second-order valence-electron chi connectivity index (χ2n) is 5.46. The first-order valence-corrected chi connectivity index (χ1v) is 6.12. The van der Waals surface area contributed by atoms with E-state index in [1.165, 1.54) is 25.7 Å². The topological polar surface area (TPSA) is 41.1 Å². The van der Waals surface area contributed by atoms with Crippen LogP contribution in [-0.2, 0) is 4.79 Å². The lowest BCUT2D eigenvalue weighted by Crippen LogP contribution is -2.39. The molecule has 0 spiro atoms. The number of carbonyl (C=O) groups excluding carboxylic acids is 1. The Morgan fingerprint density at radius 2 is 2.07 bits per heavy atom. The van der Waals surface area contributed by atoms with Gasteiger partial charge in [0.05, 0.1) is 6.54 Å². The summed E-state index contributed by atoms with van der Waals surface area (Å²) in [6.45, 7) is 5.50. The van der Waals surface area contributed by atoms with Crippen molar-refractivity contribution in [1.82, 2.24) is 10.6 Å². The highest BCUT2D eigenvalue weighted by atomic mass is 16.1. The Hall–Kier alpha value is -0.570. The summed E-state index contributed by atoms with van der Waals surface area (Å²) >= 11 is 0. The van der Waals surface area contributed by atoms with Crippen LogP contribution in [0.5, 0.6) is 0 Å². The van der Waals surface area contributed by atoms with Crippen LogP contribution in [0.2, 0.25) is 0 Å². The molecule has 2 N–H and O–H groups in total. The van der Waals surface area contributed by atoms with Crippen molar-refractivity contribution in [3.05, 3.63) is 0 Å². The quantitative estimate of drug-likeness (QED) is 0.693. The monoisotopic (exact) mass is 210 g/mol. The first kappa shape index (κ1) is 10.9. The molecule has 2 aliphatic carbocycles. The molecule has 0 atom stereocenters. The zero-order valence-electron chi connectivity index (χ0n) is 9.81. The Morgan fingerprint density at radius 3 is 2.53 bits per heavy atom. The number of hydrogen-bond acceptors (Lipinski definition) is 2. The van der Waals surface area contributed by atoms with Crippen molar-refractivity contribution < 1.29 is 4.79 Å². The molecule has 0 aromatic rings. The van der Waals surface area contributed by atoms with Crippen LogP contribution < -0.4 is 10.6 Å². The molecule has 3 heteroatoms. The van der Waals surface area contributed by atoms with Crippen molar-refractivity contribution in [1.29, 1.82) is 0 Å². The van der Waals surface area contributed by atoms with Crippen LogP contribution in [0.3, 0.4) is 0 Å². The molecule has 0 heterocycles. The lowest BCUT2D eigenvalue weighted by atomic mass is 10.0. The van der Waals surface area contributed by atoms with Gasteiger partial charge in [0.1, 0.15) is 0 Å². The largest absolute Gasteiger partial charge is 0.353 e. The molecule has 3 nitrogen and oxygen atoms in total. The van der Waals surface area contributed by atoms with Crippen LogP contribution in [0.1, 0.15) is 39.5 Å². The smallest absolute Gasteiger partial charge is 0.234 e. The first-order chi connectivity index (χ1) is 7.12. The fourth-order valence-corrected chi connectivity index (χ4v) is 2.38. The van der Waals surface area contributed by atoms with Crippen molar-refractivity contribution in [2.45, 2.75) is 45.6 Å². The van der Waals surface area contributed by atoms with Gasteiger partial charge in [-0.15, -0.1) is 0 Å². The molecule has 0 unspecified atom stereocenters. The lowest BCUT2D eigenvalue weighted by Gasteiger charge is -2.15. The molecule has 0 saturated heterocycles. The zero-order valence-corrected chi connectivity index (χ0v) is 9.81. The summed E-state index contributed by atoms with van der Waals surface area (Å²) in [5.41, 5.74) is 0.595. The SMILES string of the molecule is CC(C)NC(=O)CNCC1(C2CC2)CC1. The van der Waals surface area contributed by atoms with E-state index in [2.05, 4.69) is 10.6 Å². The lowest BCUT2D eigenvalue weighted by molar-refractivity contribution is -0.120. The van der Waals surface area contributed by atoms with Crippen molar-refractivity contribution in [2.75, 3.05) is 13.1 Å². The minimum absolute atomic E-state index is 0.122. The second kappa shape index (κ2) is 4.12. The van der Waals surface area contributed by atoms with Gasteiger partial charge in [0.15, 0.2) is 0 Å². The van der Waals surface area contributed by atoms with Crippen LogP contribution in [0.15, 0.2) is 0 Å².